The average molecular weight is 642 g/mol. The molecule has 0 fully saturated rings. The summed E-state index contributed by atoms with van der Waals surface area (Å²) >= 11 is 1.76. The van der Waals surface area contributed by atoms with E-state index in [4.69, 9.17) is 15.0 Å². The third-order valence-corrected chi connectivity index (χ3v) is 10.6. The first-order valence-electron chi connectivity index (χ1n) is 16.4. The van der Waals surface area contributed by atoms with E-state index in [0.717, 1.165) is 49.6 Å². The van der Waals surface area contributed by atoms with Gasteiger partial charge in [0.1, 0.15) is 5.01 Å². The van der Waals surface area contributed by atoms with E-state index in [1.54, 1.807) is 11.3 Å². The molecule has 0 spiro atoms. The molecule has 10 aromatic rings. The largest absolute Gasteiger partial charge is 0.236 e. The van der Waals surface area contributed by atoms with Gasteiger partial charge in [0.05, 0.1) is 21.6 Å². The first kappa shape index (κ1) is 27.8. The minimum atomic E-state index is 0.707. The maximum atomic E-state index is 5.21. The zero-order valence-electron chi connectivity index (χ0n) is 26.3. The van der Waals surface area contributed by atoms with Crippen LogP contribution in [0.2, 0.25) is 0 Å². The molecule has 2 aromatic heterocycles. The maximum Gasteiger partial charge on any atom is 0.160 e. The fourth-order valence-corrected chi connectivity index (χ4v) is 8.08. The van der Waals surface area contributed by atoms with Crippen molar-refractivity contribution in [1.29, 1.82) is 0 Å². The lowest BCUT2D eigenvalue weighted by Crippen LogP contribution is -1.96. The van der Waals surface area contributed by atoms with Gasteiger partial charge in [-0.1, -0.05) is 133 Å². The van der Waals surface area contributed by atoms with Crippen molar-refractivity contribution in [2.24, 2.45) is 0 Å². The van der Waals surface area contributed by atoms with Gasteiger partial charge in [-0.15, -0.1) is 11.3 Å². The van der Waals surface area contributed by atoms with Crippen molar-refractivity contribution in [2.45, 2.75) is 0 Å². The van der Waals surface area contributed by atoms with Crippen LogP contribution in [0.3, 0.4) is 0 Å². The maximum absolute atomic E-state index is 5.21. The van der Waals surface area contributed by atoms with Crippen LogP contribution in [0.15, 0.2) is 164 Å². The van der Waals surface area contributed by atoms with E-state index in [0.29, 0.717) is 5.82 Å². The summed E-state index contributed by atoms with van der Waals surface area (Å²) in [5.74, 6) is 0.707. The molecule has 49 heavy (non-hydrogen) atoms. The molecule has 0 atom stereocenters. The Kier molecular flexibility index (Phi) is 6.36. The molecule has 8 aromatic carbocycles. The summed E-state index contributed by atoms with van der Waals surface area (Å²) in [5, 5.41) is 10.6. The second-order valence-corrected chi connectivity index (χ2v) is 13.5. The minimum absolute atomic E-state index is 0.707. The van der Waals surface area contributed by atoms with Crippen LogP contribution in [0.5, 0.6) is 0 Å². The third kappa shape index (κ3) is 4.85. The van der Waals surface area contributed by atoms with Crippen LogP contribution in [-0.4, -0.2) is 15.0 Å². The lowest BCUT2D eigenvalue weighted by Gasteiger charge is -2.12. The molecule has 0 N–H and O–H groups in total. The Morgan fingerprint density at radius 1 is 0.367 bits per heavy atom. The second kappa shape index (κ2) is 11.2. The van der Waals surface area contributed by atoms with Crippen molar-refractivity contribution in [3.05, 3.63) is 164 Å². The fraction of sp³-hybridized carbons (Fsp3) is 0. The summed E-state index contributed by atoms with van der Waals surface area (Å²) in [6.07, 6.45) is 0. The van der Waals surface area contributed by atoms with E-state index in [1.807, 2.05) is 6.07 Å². The van der Waals surface area contributed by atoms with E-state index in [1.165, 1.54) is 42.4 Å². The Morgan fingerprint density at radius 2 is 0.918 bits per heavy atom. The summed E-state index contributed by atoms with van der Waals surface area (Å²) in [5.41, 5.74) is 7.09. The first-order chi connectivity index (χ1) is 24.2. The molecule has 228 valence electrons. The van der Waals surface area contributed by atoms with Crippen LogP contribution >= 0.6 is 11.3 Å². The van der Waals surface area contributed by atoms with Gasteiger partial charge in [0.25, 0.3) is 0 Å². The highest BCUT2D eigenvalue weighted by atomic mass is 32.1. The van der Waals surface area contributed by atoms with Crippen LogP contribution in [0, 0.1) is 0 Å². The number of rotatable bonds is 4. The molecule has 0 unspecified atom stereocenters. The first-order valence-corrected chi connectivity index (χ1v) is 17.2. The van der Waals surface area contributed by atoms with Crippen LogP contribution in [0.4, 0.5) is 0 Å². The molecule has 0 radical (unpaired) electrons. The number of benzene rings is 8. The van der Waals surface area contributed by atoms with E-state index in [-0.39, 0.29) is 0 Å². The van der Waals surface area contributed by atoms with Gasteiger partial charge in [-0.05, 0) is 68.0 Å². The number of aromatic nitrogens is 3. The highest BCUT2D eigenvalue weighted by Crippen LogP contribution is 2.39. The quantitative estimate of drug-likeness (QED) is 0.180. The van der Waals surface area contributed by atoms with Crippen LogP contribution in [0.1, 0.15) is 0 Å². The number of hydrogen-bond acceptors (Lipinski definition) is 4. The van der Waals surface area contributed by atoms with Crippen LogP contribution in [0.25, 0.3) is 97.8 Å². The number of fused-ring (bicyclic) bond motifs is 7. The predicted molar refractivity (Wildman–Crippen MR) is 207 cm³/mol. The topological polar surface area (TPSA) is 38.7 Å². The zero-order chi connectivity index (χ0) is 32.3. The van der Waals surface area contributed by atoms with Crippen molar-refractivity contribution in [2.75, 3.05) is 0 Å². The standard InChI is InChI=1S/C45H27N3S/c1-2-10-31(11-3-1)45-48-39-23-21-30-16-17-34-26-37(20-22-38(34)42(30)43(39)49-45)44-46-40(35-18-14-28-8-4-6-12-32(28)24-35)27-41(47-44)36-19-15-29-9-5-7-13-33(29)25-36/h1-27H. The Labute approximate surface area is 286 Å². The van der Waals surface area contributed by atoms with E-state index in [2.05, 4.69) is 158 Å². The Balaban J connectivity index is 1.15. The van der Waals surface area contributed by atoms with Gasteiger partial charge in [0.2, 0.25) is 0 Å². The van der Waals surface area contributed by atoms with Gasteiger partial charge in [-0.25, -0.2) is 15.0 Å². The summed E-state index contributed by atoms with van der Waals surface area (Å²) in [6, 6.07) is 58.0. The molecule has 0 bridgehead atoms. The third-order valence-electron chi connectivity index (χ3n) is 9.45. The van der Waals surface area contributed by atoms with Gasteiger partial charge in [-0.3, -0.25) is 0 Å². The predicted octanol–water partition coefficient (Wildman–Crippen LogP) is 12.4. The SMILES string of the molecule is c1ccc(-c2nc3ccc4ccc5cc(-c6nc(-c7ccc8ccccc8c7)cc(-c7ccc8ccccc8c7)n6)ccc5c4c3s2)cc1. The second-order valence-electron chi connectivity index (χ2n) is 12.5. The monoisotopic (exact) mass is 641 g/mol. The van der Waals surface area contributed by atoms with Gasteiger partial charge in [0.15, 0.2) is 5.82 Å². The van der Waals surface area contributed by atoms with Gasteiger partial charge in [0, 0.05) is 27.6 Å². The molecule has 0 saturated carbocycles. The number of nitrogens with zero attached hydrogens (tertiary/aromatic N) is 3. The van der Waals surface area contributed by atoms with Gasteiger partial charge < -0.3 is 0 Å². The molecule has 2 heterocycles. The zero-order valence-corrected chi connectivity index (χ0v) is 27.2. The van der Waals surface area contributed by atoms with Crippen molar-refractivity contribution in [3.8, 4) is 44.5 Å². The summed E-state index contributed by atoms with van der Waals surface area (Å²) in [4.78, 5) is 15.4. The van der Waals surface area contributed by atoms with Crippen molar-refractivity contribution >= 4 is 64.6 Å². The lowest BCUT2D eigenvalue weighted by atomic mass is 9.99. The number of hydrogen-bond donors (Lipinski definition) is 0. The van der Waals surface area contributed by atoms with Crippen molar-refractivity contribution < 1.29 is 0 Å². The van der Waals surface area contributed by atoms with Gasteiger partial charge >= 0.3 is 0 Å². The Bertz CT molecular complexity index is 2790. The Morgan fingerprint density at radius 3 is 1.61 bits per heavy atom. The van der Waals surface area contributed by atoms with Crippen LogP contribution < -0.4 is 0 Å². The molecule has 0 aliphatic carbocycles. The summed E-state index contributed by atoms with van der Waals surface area (Å²) in [7, 11) is 0. The number of thiazole rings is 1. The smallest absolute Gasteiger partial charge is 0.160 e. The average Bonchev–Trinajstić information content (AvgIpc) is 3.62. The molecule has 0 aliphatic rings. The van der Waals surface area contributed by atoms with E-state index >= 15 is 0 Å². The highest BCUT2D eigenvalue weighted by Gasteiger charge is 2.15. The molecule has 0 saturated heterocycles. The minimum Gasteiger partial charge on any atom is -0.236 e. The van der Waals surface area contributed by atoms with Gasteiger partial charge in [-0.2, -0.15) is 0 Å². The molecule has 3 nitrogen and oxygen atoms in total. The molecular formula is C45H27N3S. The normalized spacial score (nSPS) is 11.7. The lowest BCUT2D eigenvalue weighted by molar-refractivity contribution is 1.19. The molecule has 0 aliphatic heterocycles. The molecule has 10 rings (SSSR count). The molecule has 4 heteroatoms. The van der Waals surface area contributed by atoms with Crippen LogP contribution in [-0.2, 0) is 0 Å². The summed E-state index contributed by atoms with van der Waals surface area (Å²) < 4.78 is 1.21. The molecule has 0 amide bonds. The Hall–Kier alpha value is -6.23. The van der Waals surface area contributed by atoms with Crippen molar-refractivity contribution in [1.82, 2.24) is 15.0 Å². The molecular weight excluding hydrogens is 615 g/mol. The van der Waals surface area contributed by atoms with E-state index in [9.17, 15) is 0 Å². The van der Waals surface area contributed by atoms with E-state index < -0.39 is 0 Å². The fourth-order valence-electron chi connectivity index (χ4n) is 6.94. The highest BCUT2D eigenvalue weighted by molar-refractivity contribution is 7.22. The summed E-state index contributed by atoms with van der Waals surface area (Å²) in [6.45, 7) is 0. The van der Waals surface area contributed by atoms with Crippen molar-refractivity contribution in [3.63, 3.8) is 0 Å².